The van der Waals surface area contributed by atoms with E-state index in [1.165, 1.54) is 56.6 Å². The summed E-state index contributed by atoms with van der Waals surface area (Å²) in [7, 11) is -1.59. The summed E-state index contributed by atoms with van der Waals surface area (Å²) in [5.41, 5.74) is -0.0226. The molecule has 0 heterocycles. The van der Waals surface area contributed by atoms with Crippen LogP contribution in [0.3, 0.4) is 0 Å². The lowest BCUT2D eigenvalue weighted by Gasteiger charge is -2.20. The highest BCUT2D eigenvalue weighted by Crippen LogP contribution is 2.27. The number of nitrogens with zero attached hydrogens (tertiary/aromatic N) is 1. The Balaban J connectivity index is 2.52. The molecule has 8 heteroatoms. The molecule has 2 aromatic carbocycles. The number of hydrogen-bond donors (Lipinski definition) is 0. The molecular weight excluding hydrogens is 389 g/mol. The standard InChI is InChI=1S/C15H13BrFNO4S/c1-18(14-6-4-3-5-13(14)17)23(20,21)10-7-8-12(16)11(9-10)15(19)22-2/h3-9H,1-2H3. The number of hydrogen-bond acceptors (Lipinski definition) is 4. The number of rotatable bonds is 4. The average Bonchev–Trinajstić information content (AvgIpc) is 2.54. The molecule has 0 saturated carbocycles. The molecule has 5 nitrogen and oxygen atoms in total. The second-order valence-corrected chi connectivity index (χ2v) is 7.38. The minimum Gasteiger partial charge on any atom is -0.465 e. The number of sulfonamides is 1. The number of ether oxygens (including phenoxy) is 1. The molecule has 0 saturated heterocycles. The fraction of sp³-hybridized carbons (Fsp3) is 0.133. The predicted molar refractivity (Wildman–Crippen MR) is 87.5 cm³/mol. The van der Waals surface area contributed by atoms with Gasteiger partial charge in [-0.15, -0.1) is 0 Å². The van der Waals surface area contributed by atoms with Gasteiger partial charge in [0.1, 0.15) is 5.82 Å². The molecular formula is C15H13BrFNO4S. The van der Waals surface area contributed by atoms with Crippen LogP contribution in [0.25, 0.3) is 0 Å². The van der Waals surface area contributed by atoms with Crippen LogP contribution in [-0.2, 0) is 14.8 Å². The van der Waals surface area contributed by atoms with E-state index < -0.39 is 21.8 Å². The second kappa shape index (κ2) is 6.67. The maximum Gasteiger partial charge on any atom is 0.339 e. The summed E-state index contributed by atoms with van der Waals surface area (Å²) in [5, 5.41) is 0. The highest BCUT2D eigenvalue weighted by atomic mass is 79.9. The van der Waals surface area contributed by atoms with Crippen LogP contribution in [0.1, 0.15) is 10.4 Å². The number of benzene rings is 2. The monoisotopic (exact) mass is 401 g/mol. The third-order valence-corrected chi connectivity index (χ3v) is 5.65. The van der Waals surface area contributed by atoms with Gasteiger partial charge < -0.3 is 4.74 Å². The fourth-order valence-electron chi connectivity index (χ4n) is 1.93. The van der Waals surface area contributed by atoms with E-state index in [9.17, 15) is 17.6 Å². The largest absolute Gasteiger partial charge is 0.465 e. The summed E-state index contributed by atoms with van der Waals surface area (Å²) in [6.07, 6.45) is 0. The van der Waals surface area contributed by atoms with Crippen molar-refractivity contribution in [2.75, 3.05) is 18.5 Å². The number of carbonyl (C=O) groups excluding carboxylic acids is 1. The third kappa shape index (κ3) is 3.37. The molecule has 2 aromatic rings. The van der Waals surface area contributed by atoms with Crippen molar-refractivity contribution in [3.05, 3.63) is 58.3 Å². The summed E-state index contributed by atoms with van der Waals surface area (Å²) in [4.78, 5) is 11.5. The molecule has 0 N–H and O–H groups in total. The van der Waals surface area contributed by atoms with E-state index in [2.05, 4.69) is 20.7 Å². The zero-order valence-corrected chi connectivity index (χ0v) is 14.7. The molecule has 0 aliphatic rings. The van der Waals surface area contributed by atoms with Crippen LogP contribution in [0.15, 0.2) is 51.8 Å². The minimum absolute atomic E-state index is 0.0653. The van der Waals surface area contributed by atoms with Gasteiger partial charge in [-0.1, -0.05) is 12.1 Å². The predicted octanol–water partition coefficient (Wildman–Crippen LogP) is 3.20. The first kappa shape index (κ1) is 17.4. The zero-order chi connectivity index (χ0) is 17.2. The van der Waals surface area contributed by atoms with E-state index in [4.69, 9.17) is 0 Å². The zero-order valence-electron chi connectivity index (χ0n) is 12.3. The van der Waals surface area contributed by atoms with Crippen LogP contribution in [0, 0.1) is 5.82 Å². The van der Waals surface area contributed by atoms with Crippen LogP contribution in [0.2, 0.25) is 0 Å². The lowest BCUT2D eigenvalue weighted by Crippen LogP contribution is -2.27. The van der Waals surface area contributed by atoms with Crippen LogP contribution in [0.4, 0.5) is 10.1 Å². The van der Waals surface area contributed by atoms with E-state index in [-0.39, 0.29) is 16.1 Å². The Kier molecular flexibility index (Phi) is 5.06. The van der Waals surface area contributed by atoms with Crippen molar-refractivity contribution >= 4 is 37.6 Å². The van der Waals surface area contributed by atoms with Crippen LogP contribution in [0.5, 0.6) is 0 Å². The molecule has 2 rings (SSSR count). The van der Waals surface area contributed by atoms with Crippen LogP contribution in [-0.4, -0.2) is 28.5 Å². The molecule has 0 atom stereocenters. The Hall–Kier alpha value is -1.93. The lowest BCUT2D eigenvalue weighted by atomic mass is 10.2. The highest BCUT2D eigenvalue weighted by molar-refractivity contribution is 9.10. The van der Waals surface area contributed by atoms with E-state index >= 15 is 0 Å². The number of halogens is 2. The van der Waals surface area contributed by atoms with Crippen molar-refractivity contribution in [1.82, 2.24) is 0 Å². The number of methoxy groups -OCH3 is 1. The molecule has 0 amide bonds. The molecule has 0 fully saturated rings. The van der Waals surface area contributed by atoms with Gasteiger partial charge in [0.25, 0.3) is 10.0 Å². The smallest absolute Gasteiger partial charge is 0.339 e. The normalized spacial score (nSPS) is 11.1. The number of anilines is 1. The molecule has 23 heavy (non-hydrogen) atoms. The number of esters is 1. The van der Waals surface area contributed by atoms with Crippen molar-refractivity contribution in [2.45, 2.75) is 4.90 Å². The van der Waals surface area contributed by atoms with Gasteiger partial charge in [-0.05, 0) is 46.3 Å². The van der Waals surface area contributed by atoms with Gasteiger partial charge in [-0.25, -0.2) is 17.6 Å². The number of para-hydroxylation sites is 1. The molecule has 0 bridgehead atoms. The Labute approximate surface area is 141 Å². The first-order chi connectivity index (χ1) is 10.8. The van der Waals surface area contributed by atoms with Crippen LogP contribution >= 0.6 is 15.9 Å². The summed E-state index contributed by atoms with van der Waals surface area (Å²) >= 11 is 3.16. The SMILES string of the molecule is COC(=O)c1cc(S(=O)(=O)N(C)c2ccccc2F)ccc1Br. The van der Waals surface area contributed by atoms with Crippen LogP contribution < -0.4 is 4.31 Å². The van der Waals surface area contributed by atoms with Crippen molar-refractivity contribution < 1.29 is 22.3 Å². The summed E-state index contributed by atoms with van der Waals surface area (Å²) in [5.74, 6) is -1.34. The molecule has 122 valence electrons. The minimum atomic E-state index is -4.03. The molecule has 0 aliphatic carbocycles. The Morgan fingerprint density at radius 1 is 1.22 bits per heavy atom. The molecule has 0 aromatic heterocycles. The van der Waals surface area contributed by atoms with E-state index in [0.717, 1.165) is 4.31 Å². The quantitative estimate of drug-likeness (QED) is 0.737. The topological polar surface area (TPSA) is 63.7 Å². The van der Waals surface area contributed by atoms with Gasteiger partial charge in [-0.2, -0.15) is 0 Å². The van der Waals surface area contributed by atoms with Gasteiger partial charge in [0.15, 0.2) is 0 Å². The molecule has 0 unspecified atom stereocenters. The highest BCUT2D eigenvalue weighted by Gasteiger charge is 2.25. The van der Waals surface area contributed by atoms with Gasteiger partial charge in [0.2, 0.25) is 0 Å². The van der Waals surface area contributed by atoms with Crippen molar-refractivity contribution in [2.24, 2.45) is 0 Å². The van der Waals surface area contributed by atoms with E-state index in [1.807, 2.05) is 0 Å². The van der Waals surface area contributed by atoms with Gasteiger partial charge >= 0.3 is 5.97 Å². The van der Waals surface area contributed by atoms with Crippen molar-refractivity contribution in [3.8, 4) is 0 Å². The molecule has 0 spiro atoms. The number of carbonyl (C=O) groups is 1. The van der Waals surface area contributed by atoms with Gasteiger partial charge in [0.05, 0.1) is 23.3 Å². The first-order valence-electron chi connectivity index (χ1n) is 6.40. The van der Waals surface area contributed by atoms with Crippen molar-refractivity contribution in [3.63, 3.8) is 0 Å². The van der Waals surface area contributed by atoms with Crippen molar-refractivity contribution in [1.29, 1.82) is 0 Å². The summed E-state index contributed by atoms with van der Waals surface area (Å²) in [6, 6.07) is 9.45. The summed E-state index contributed by atoms with van der Waals surface area (Å²) in [6.45, 7) is 0. The maximum absolute atomic E-state index is 13.8. The fourth-order valence-corrected chi connectivity index (χ4v) is 3.56. The Morgan fingerprint density at radius 2 is 1.87 bits per heavy atom. The second-order valence-electron chi connectivity index (χ2n) is 4.56. The van der Waals surface area contributed by atoms with E-state index in [0.29, 0.717) is 4.47 Å². The summed E-state index contributed by atoms with van der Waals surface area (Å²) < 4.78 is 45.0. The Bertz CT molecular complexity index is 854. The molecule has 0 aliphatic heterocycles. The van der Waals surface area contributed by atoms with Gasteiger partial charge in [0, 0.05) is 11.5 Å². The third-order valence-electron chi connectivity index (χ3n) is 3.19. The van der Waals surface area contributed by atoms with Gasteiger partial charge in [-0.3, -0.25) is 4.31 Å². The molecule has 0 radical (unpaired) electrons. The lowest BCUT2D eigenvalue weighted by molar-refractivity contribution is 0.0599. The van der Waals surface area contributed by atoms with E-state index in [1.54, 1.807) is 0 Å². The Morgan fingerprint density at radius 3 is 2.48 bits per heavy atom. The maximum atomic E-state index is 13.8. The average molecular weight is 402 g/mol. The first-order valence-corrected chi connectivity index (χ1v) is 8.63.